The van der Waals surface area contributed by atoms with E-state index in [0.29, 0.717) is 17.9 Å². The fourth-order valence-corrected chi connectivity index (χ4v) is 2.13. The van der Waals surface area contributed by atoms with E-state index < -0.39 is 17.9 Å². The molecule has 0 saturated carbocycles. The summed E-state index contributed by atoms with van der Waals surface area (Å²) in [7, 11) is 0. The van der Waals surface area contributed by atoms with Gasteiger partial charge in [-0.2, -0.15) is 0 Å². The van der Waals surface area contributed by atoms with Crippen LogP contribution in [0, 0.1) is 12.8 Å². The first-order valence-corrected chi connectivity index (χ1v) is 6.66. The Labute approximate surface area is 118 Å². The highest BCUT2D eigenvalue weighted by atomic mass is 16.5. The third-order valence-corrected chi connectivity index (χ3v) is 3.53. The highest BCUT2D eigenvalue weighted by Gasteiger charge is 2.27. The van der Waals surface area contributed by atoms with E-state index in [2.05, 4.69) is 0 Å². The minimum Gasteiger partial charge on any atom is -0.481 e. The second-order valence-electron chi connectivity index (χ2n) is 5.05. The average Bonchev–Trinajstić information content (AvgIpc) is 2.43. The molecule has 1 amide bonds. The topological polar surface area (TPSA) is 77.8 Å². The van der Waals surface area contributed by atoms with Crippen LogP contribution in [0.1, 0.15) is 30.9 Å². The molecule has 2 atom stereocenters. The van der Waals surface area contributed by atoms with Crippen LogP contribution < -0.4 is 0 Å². The van der Waals surface area contributed by atoms with Gasteiger partial charge in [0.15, 0.2) is 0 Å². The number of rotatable bonds is 8. The number of aliphatic carboxylic acids is 1. The number of amides is 1. The third kappa shape index (κ3) is 4.66. The van der Waals surface area contributed by atoms with Gasteiger partial charge in [-0.3, -0.25) is 14.8 Å². The number of carboxylic acids is 1. The number of carbonyl (C=O) groups is 2. The molecular formula is C15H21NO4. The normalized spacial score (nSPS) is 13.6. The molecule has 0 heterocycles. The summed E-state index contributed by atoms with van der Waals surface area (Å²) >= 11 is 0. The van der Waals surface area contributed by atoms with Crippen LogP contribution in [0.5, 0.6) is 0 Å². The molecule has 0 radical (unpaired) electrons. The van der Waals surface area contributed by atoms with Crippen LogP contribution in [-0.4, -0.2) is 33.8 Å². The van der Waals surface area contributed by atoms with Gasteiger partial charge in [-0.25, -0.2) is 5.06 Å². The standard InChI is InChI=1S/C15H21NO4/c1-11-6-8-13(9-7-11)4-3-5-14(15(18)19)12(2)16(20)10-17/h6-10,12,14,20H,3-5H2,1-2H3,(H,18,19)/t12-,14+/m0/s1. The average molecular weight is 279 g/mol. The number of aryl methyl sites for hydroxylation is 2. The van der Waals surface area contributed by atoms with Crippen LogP contribution >= 0.6 is 0 Å². The molecule has 0 bridgehead atoms. The molecule has 0 aliphatic heterocycles. The maximum atomic E-state index is 11.2. The summed E-state index contributed by atoms with van der Waals surface area (Å²) in [4.78, 5) is 21.7. The summed E-state index contributed by atoms with van der Waals surface area (Å²) in [6.45, 7) is 3.54. The summed E-state index contributed by atoms with van der Waals surface area (Å²) in [5.74, 6) is -1.77. The van der Waals surface area contributed by atoms with E-state index in [4.69, 9.17) is 5.11 Å². The minimum absolute atomic E-state index is 0.237. The Morgan fingerprint density at radius 1 is 1.35 bits per heavy atom. The molecule has 1 rings (SSSR count). The number of nitrogens with zero attached hydrogens (tertiary/aromatic N) is 1. The van der Waals surface area contributed by atoms with Crippen LogP contribution in [0.2, 0.25) is 0 Å². The van der Waals surface area contributed by atoms with Gasteiger partial charge in [0.1, 0.15) is 0 Å². The molecule has 0 fully saturated rings. The van der Waals surface area contributed by atoms with E-state index in [1.165, 1.54) is 12.5 Å². The van der Waals surface area contributed by atoms with Gasteiger partial charge in [-0.15, -0.1) is 0 Å². The Balaban J connectivity index is 2.53. The zero-order valence-electron chi connectivity index (χ0n) is 11.8. The lowest BCUT2D eigenvalue weighted by atomic mass is 9.93. The van der Waals surface area contributed by atoms with Gasteiger partial charge < -0.3 is 5.11 Å². The first-order valence-electron chi connectivity index (χ1n) is 6.66. The first-order chi connectivity index (χ1) is 9.45. The van der Waals surface area contributed by atoms with Crippen molar-refractivity contribution in [1.82, 2.24) is 5.06 Å². The summed E-state index contributed by atoms with van der Waals surface area (Å²) in [6, 6.07) is 7.36. The molecule has 5 heteroatoms. The zero-order valence-corrected chi connectivity index (χ0v) is 11.8. The maximum absolute atomic E-state index is 11.2. The molecule has 110 valence electrons. The van der Waals surface area contributed by atoms with Crippen molar-refractivity contribution in [3.05, 3.63) is 35.4 Å². The SMILES string of the molecule is Cc1ccc(CCC[C@@H](C(=O)O)[C@H](C)N(O)C=O)cc1. The molecule has 1 aromatic carbocycles. The lowest BCUT2D eigenvalue weighted by Gasteiger charge is -2.24. The molecular weight excluding hydrogens is 258 g/mol. The van der Waals surface area contributed by atoms with Crippen LogP contribution in [0.15, 0.2) is 24.3 Å². The molecule has 0 aliphatic carbocycles. The molecule has 2 N–H and O–H groups in total. The molecule has 1 aromatic rings. The number of hydrogen-bond donors (Lipinski definition) is 2. The summed E-state index contributed by atoms with van der Waals surface area (Å²) in [5, 5.41) is 18.9. The molecule has 5 nitrogen and oxygen atoms in total. The number of carbonyl (C=O) groups excluding carboxylic acids is 1. The van der Waals surface area contributed by atoms with Crippen LogP contribution in [0.25, 0.3) is 0 Å². The van der Waals surface area contributed by atoms with E-state index in [9.17, 15) is 14.8 Å². The van der Waals surface area contributed by atoms with Gasteiger partial charge in [-0.1, -0.05) is 29.8 Å². The molecule has 20 heavy (non-hydrogen) atoms. The second-order valence-corrected chi connectivity index (χ2v) is 5.05. The monoisotopic (exact) mass is 279 g/mol. The second kappa shape index (κ2) is 7.65. The van der Waals surface area contributed by atoms with E-state index in [0.717, 1.165) is 12.0 Å². The maximum Gasteiger partial charge on any atom is 0.308 e. The highest BCUT2D eigenvalue weighted by molar-refractivity contribution is 5.71. The molecule has 0 aliphatic rings. The van der Waals surface area contributed by atoms with Gasteiger partial charge in [0, 0.05) is 0 Å². The van der Waals surface area contributed by atoms with Crippen LogP contribution in [0.4, 0.5) is 0 Å². The number of carboxylic acid groups (broad SMARTS) is 1. The third-order valence-electron chi connectivity index (χ3n) is 3.53. The van der Waals surface area contributed by atoms with E-state index in [1.54, 1.807) is 0 Å². The number of hydrogen-bond acceptors (Lipinski definition) is 3. The van der Waals surface area contributed by atoms with Gasteiger partial charge in [0.05, 0.1) is 12.0 Å². The van der Waals surface area contributed by atoms with Crippen molar-refractivity contribution in [2.75, 3.05) is 0 Å². The Kier molecular flexibility index (Phi) is 6.18. The summed E-state index contributed by atoms with van der Waals surface area (Å²) in [5.41, 5.74) is 2.34. The van der Waals surface area contributed by atoms with Crippen molar-refractivity contribution in [3.8, 4) is 0 Å². The van der Waals surface area contributed by atoms with E-state index in [1.807, 2.05) is 31.2 Å². The molecule has 0 unspecified atom stereocenters. The predicted molar refractivity (Wildman–Crippen MR) is 74.4 cm³/mol. The van der Waals surface area contributed by atoms with Crippen molar-refractivity contribution >= 4 is 12.4 Å². The van der Waals surface area contributed by atoms with Crippen molar-refractivity contribution < 1.29 is 19.9 Å². The summed E-state index contributed by atoms with van der Waals surface area (Å²) in [6.07, 6.45) is 2.12. The Bertz CT molecular complexity index is 444. The lowest BCUT2D eigenvalue weighted by Crippen LogP contribution is -2.39. The fourth-order valence-electron chi connectivity index (χ4n) is 2.13. The quantitative estimate of drug-likeness (QED) is 0.434. The Hall–Kier alpha value is -1.88. The summed E-state index contributed by atoms with van der Waals surface area (Å²) < 4.78 is 0. The van der Waals surface area contributed by atoms with E-state index >= 15 is 0 Å². The van der Waals surface area contributed by atoms with Crippen LogP contribution in [0.3, 0.4) is 0 Å². The van der Waals surface area contributed by atoms with Crippen molar-refractivity contribution in [1.29, 1.82) is 0 Å². The minimum atomic E-state index is -0.998. The fraction of sp³-hybridized carbons (Fsp3) is 0.467. The smallest absolute Gasteiger partial charge is 0.308 e. The number of benzene rings is 1. The molecule has 0 saturated heterocycles. The molecule has 0 aromatic heterocycles. The van der Waals surface area contributed by atoms with Gasteiger partial charge in [0.2, 0.25) is 6.41 Å². The van der Waals surface area contributed by atoms with Crippen molar-refractivity contribution in [2.45, 2.75) is 39.2 Å². The zero-order chi connectivity index (χ0) is 15.1. The first kappa shape index (κ1) is 16.2. The van der Waals surface area contributed by atoms with Gasteiger partial charge in [0.25, 0.3) is 0 Å². The van der Waals surface area contributed by atoms with Crippen LogP contribution in [-0.2, 0) is 16.0 Å². The largest absolute Gasteiger partial charge is 0.481 e. The van der Waals surface area contributed by atoms with E-state index in [-0.39, 0.29) is 6.41 Å². The Morgan fingerprint density at radius 2 is 1.95 bits per heavy atom. The number of hydroxylamine groups is 2. The predicted octanol–water partition coefficient (Wildman–Crippen LogP) is 2.25. The van der Waals surface area contributed by atoms with Gasteiger partial charge >= 0.3 is 5.97 Å². The van der Waals surface area contributed by atoms with Gasteiger partial charge in [-0.05, 0) is 38.7 Å². The highest BCUT2D eigenvalue weighted by Crippen LogP contribution is 2.17. The van der Waals surface area contributed by atoms with Crippen molar-refractivity contribution in [2.24, 2.45) is 5.92 Å². The Morgan fingerprint density at radius 3 is 2.45 bits per heavy atom. The lowest BCUT2D eigenvalue weighted by molar-refractivity contribution is -0.170. The molecule has 0 spiro atoms. The van der Waals surface area contributed by atoms with Crippen molar-refractivity contribution in [3.63, 3.8) is 0 Å².